The van der Waals surface area contributed by atoms with Gasteiger partial charge in [-0.25, -0.2) is 4.79 Å². The fraction of sp³-hybridized carbons (Fsp3) is 0.462. The van der Waals surface area contributed by atoms with Gasteiger partial charge in [-0.1, -0.05) is 18.9 Å². The molecular weight excluding hydrogens is 254 g/mol. The normalized spacial score (nSPS) is 15.9. The zero-order chi connectivity index (χ0) is 12.6. The van der Waals surface area contributed by atoms with Crippen molar-refractivity contribution in [1.82, 2.24) is 0 Å². The Kier molecular flexibility index (Phi) is 4.59. The van der Waals surface area contributed by atoms with Gasteiger partial charge in [0.2, 0.25) is 0 Å². The second-order valence-corrected chi connectivity index (χ2v) is 4.78. The van der Waals surface area contributed by atoms with Crippen LogP contribution in [0.15, 0.2) is 12.1 Å². The molecule has 2 rings (SSSR count). The van der Waals surface area contributed by atoms with Crippen LogP contribution < -0.4 is 5.73 Å². The molecule has 1 aromatic carbocycles. The van der Waals surface area contributed by atoms with E-state index in [1.165, 1.54) is 6.07 Å². The summed E-state index contributed by atoms with van der Waals surface area (Å²) in [7, 11) is 0. The van der Waals surface area contributed by atoms with Crippen LogP contribution in [-0.4, -0.2) is 16.2 Å². The predicted molar refractivity (Wildman–Crippen MR) is 71.3 cm³/mol. The van der Waals surface area contributed by atoms with Crippen LogP contribution in [0.2, 0.25) is 0 Å². The van der Waals surface area contributed by atoms with E-state index in [9.17, 15) is 9.90 Å². The predicted octanol–water partition coefficient (Wildman–Crippen LogP) is 2.62. The van der Waals surface area contributed by atoms with Crippen LogP contribution in [0.1, 0.15) is 46.8 Å². The van der Waals surface area contributed by atoms with E-state index >= 15 is 0 Å². The first kappa shape index (κ1) is 14.8. The number of nitrogens with two attached hydrogens (primary N) is 1. The molecule has 0 amide bonds. The van der Waals surface area contributed by atoms with Crippen LogP contribution in [0.3, 0.4) is 0 Å². The second kappa shape index (κ2) is 5.59. The zero-order valence-corrected chi connectivity index (χ0v) is 11.0. The lowest BCUT2D eigenvalue weighted by molar-refractivity contribution is 0.0694. The highest BCUT2D eigenvalue weighted by Gasteiger charge is 2.28. The molecule has 100 valence electrons. The Morgan fingerprint density at radius 1 is 1.50 bits per heavy atom. The first-order valence-corrected chi connectivity index (χ1v) is 5.82. The highest BCUT2D eigenvalue weighted by atomic mass is 35.5. The van der Waals surface area contributed by atoms with E-state index in [1.54, 1.807) is 13.0 Å². The highest BCUT2D eigenvalue weighted by Crippen LogP contribution is 2.40. The number of halogens is 1. The van der Waals surface area contributed by atoms with Gasteiger partial charge in [-0.2, -0.15) is 0 Å². The summed E-state index contributed by atoms with van der Waals surface area (Å²) in [5.74, 6) is -0.425. The lowest BCUT2D eigenvalue weighted by Gasteiger charge is -2.17. The van der Waals surface area contributed by atoms with Crippen LogP contribution in [0, 0.1) is 12.8 Å². The Morgan fingerprint density at radius 3 is 2.61 bits per heavy atom. The molecule has 1 saturated carbocycles. The molecular formula is C13H18ClNO3. The first-order valence-electron chi connectivity index (χ1n) is 5.82. The summed E-state index contributed by atoms with van der Waals surface area (Å²) < 4.78 is 0. The molecule has 0 aliphatic heterocycles. The number of phenolic OH excluding ortho intramolecular Hbond substituents is 1. The SMILES string of the molecule is Cc1ccc(C(=O)O)c([C@H](N)CC2CC2)c1O.Cl. The standard InChI is InChI=1S/C13H17NO3.ClH/c1-7-2-5-9(13(16)17)11(12(7)15)10(14)6-8-3-4-8;/h2,5,8,10,15H,3-4,6,14H2,1H3,(H,16,17);1H/t10-;/m1./s1. The Morgan fingerprint density at radius 2 is 2.11 bits per heavy atom. The number of carboxylic acids is 1. The molecule has 1 aromatic rings. The van der Waals surface area contributed by atoms with E-state index < -0.39 is 12.0 Å². The van der Waals surface area contributed by atoms with Crippen molar-refractivity contribution in [1.29, 1.82) is 0 Å². The third-order valence-corrected chi connectivity index (χ3v) is 3.30. The van der Waals surface area contributed by atoms with Gasteiger partial charge in [-0.15, -0.1) is 12.4 Å². The molecule has 0 unspecified atom stereocenters. The highest BCUT2D eigenvalue weighted by molar-refractivity contribution is 5.90. The summed E-state index contributed by atoms with van der Waals surface area (Å²) in [5.41, 5.74) is 7.18. The Balaban J connectivity index is 0.00000162. The number of aromatic carboxylic acids is 1. The van der Waals surface area contributed by atoms with Crippen LogP contribution >= 0.6 is 12.4 Å². The molecule has 1 fully saturated rings. The molecule has 0 saturated heterocycles. The van der Waals surface area contributed by atoms with E-state index in [4.69, 9.17) is 10.8 Å². The molecule has 0 spiro atoms. The summed E-state index contributed by atoms with van der Waals surface area (Å²) >= 11 is 0. The lowest BCUT2D eigenvalue weighted by Crippen LogP contribution is -2.16. The van der Waals surface area contributed by atoms with Crippen LogP contribution in [0.4, 0.5) is 0 Å². The Hall–Kier alpha value is -1.26. The van der Waals surface area contributed by atoms with Gasteiger partial charge >= 0.3 is 5.97 Å². The van der Waals surface area contributed by atoms with Crippen molar-refractivity contribution < 1.29 is 15.0 Å². The second-order valence-electron chi connectivity index (χ2n) is 4.78. The molecule has 0 aromatic heterocycles. The summed E-state index contributed by atoms with van der Waals surface area (Å²) in [6.07, 6.45) is 3.06. The van der Waals surface area contributed by atoms with Gasteiger partial charge in [0.05, 0.1) is 5.56 Å². The van der Waals surface area contributed by atoms with Gasteiger partial charge in [-0.05, 0) is 30.9 Å². The minimum absolute atomic E-state index is 0. The molecule has 5 heteroatoms. The van der Waals surface area contributed by atoms with Gasteiger partial charge in [0, 0.05) is 11.6 Å². The summed E-state index contributed by atoms with van der Waals surface area (Å²) in [5, 5.41) is 19.1. The summed E-state index contributed by atoms with van der Waals surface area (Å²) in [6.45, 7) is 1.74. The minimum Gasteiger partial charge on any atom is -0.507 e. The number of carboxylic acid groups (broad SMARTS) is 1. The monoisotopic (exact) mass is 271 g/mol. The third kappa shape index (κ3) is 2.94. The van der Waals surface area contributed by atoms with Gasteiger partial charge in [-0.3, -0.25) is 0 Å². The quantitative estimate of drug-likeness (QED) is 0.786. The summed E-state index contributed by atoms with van der Waals surface area (Å²) in [6, 6.07) is 2.72. The third-order valence-electron chi connectivity index (χ3n) is 3.30. The smallest absolute Gasteiger partial charge is 0.336 e. The van der Waals surface area contributed by atoms with Gasteiger partial charge in [0.25, 0.3) is 0 Å². The van der Waals surface area contributed by atoms with Crippen molar-refractivity contribution in [2.45, 2.75) is 32.2 Å². The van der Waals surface area contributed by atoms with E-state index in [0.717, 1.165) is 19.3 Å². The first-order chi connectivity index (χ1) is 8.00. The van der Waals surface area contributed by atoms with E-state index in [0.29, 0.717) is 17.0 Å². The average molecular weight is 272 g/mol. The molecule has 1 aliphatic rings. The number of rotatable bonds is 4. The fourth-order valence-electron chi connectivity index (χ4n) is 2.11. The van der Waals surface area contributed by atoms with E-state index in [2.05, 4.69) is 0 Å². The van der Waals surface area contributed by atoms with Gasteiger partial charge in [0.1, 0.15) is 5.75 Å². The number of aryl methyl sites for hydroxylation is 1. The molecule has 0 radical (unpaired) electrons. The Bertz CT molecular complexity index is 458. The number of aromatic hydroxyl groups is 1. The van der Waals surface area contributed by atoms with Crippen molar-refractivity contribution in [3.63, 3.8) is 0 Å². The lowest BCUT2D eigenvalue weighted by atomic mass is 9.94. The van der Waals surface area contributed by atoms with Crippen LogP contribution in [0.5, 0.6) is 5.75 Å². The maximum absolute atomic E-state index is 11.1. The largest absolute Gasteiger partial charge is 0.507 e. The summed E-state index contributed by atoms with van der Waals surface area (Å²) in [4.78, 5) is 11.1. The van der Waals surface area contributed by atoms with Crippen molar-refractivity contribution in [2.24, 2.45) is 11.7 Å². The van der Waals surface area contributed by atoms with Crippen molar-refractivity contribution in [2.75, 3.05) is 0 Å². The zero-order valence-electron chi connectivity index (χ0n) is 10.2. The molecule has 0 heterocycles. The number of hydrogen-bond donors (Lipinski definition) is 3. The minimum atomic E-state index is -1.04. The maximum Gasteiger partial charge on any atom is 0.336 e. The molecule has 1 aliphatic carbocycles. The molecule has 0 bridgehead atoms. The van der Waals surface area contributed by atoms with E-state index in [1.807, 2.05) is 0 Å². The number of phenols is 1. The molecule has 4 nitrogen and oxygen atoms in total. The van der Waals surface area contributed by atoms with Crippen molar-refractivity contribution >= 4 is 18.4 Å². The van der Waals surface area contributed by atoms with Crippen LogP contribution in [-0.2, 0) is 0 Å². The number of hydrogen-bond acceptors (Lipinski definition) is 3. The molecule has 4 N–H and O–H groups in total. The molecule has 18 heavy (non-hydrogen) atoms. The topological polar surface area (TPSA) is 83.5 Å². The average Bonchev–Trinajstić information content (AvgIpc) is 3.05. The van der Waals surface area contributed by atoms with Crippen LogP contribution in [0.25, 0.3) is 0 Å². The fourth-order valence-corrected chi connectivity index (χ4v) is 2.11. The molecule has 1 atom stereocenters. The van der Waals surface area contributed by atoms with E-state index in [-0.39, 0.29) is 23.7 Å². The van der Waals surface area contributed by atoms with Gasteiger partial charge < -0.3 is 15.9 Å². The van der Waals surface area contributed by atoms with Crippen molar-refractivity contribution in [3.05, 3.63) is 28.8 Å². The Labute approximate surface area is 112 Å². The number of carbonyl (C=O) groups is 1. The number of benzene rings is 1. The maximum atomic E-state index is 11.1. The van der Waals surface area contributed by atoms with Gasteiger partial charge in [0.15, 0.2) is 0 Å². The van der Waals surface area contributed by atoms with Crippen molar-refractivity contribution in [3.8, 4) is 5.75 Å².